The van der Waals surface area contributed by atoms with Crippen LogP contribution in [0.15, 0.2) is 106 Å². The van der Waals surface area contributed by atoms with Gasteiger partial charge in [0.2, 0.25) is 0 Å². The van der Waals surface area contributed by atoms with Crippen molar-refractivity contribution >= 4 is 37.6 Å². The van der Waals surface area contributed by atoms with E-state index in [1.54, 1.807) is 3.28 Å². The summed E-state index contributed by atoms with van der Waals surface area (Å²) in [6, 6.07) is 27.9. The van der Waals surface area contributed by atoms with Crippen LogP contribution in [0.1, 0.15) is 124 Å². The normalized spacial score (nSPS) is 18.5. The third-order valence-electron chi connectivity index (χ3n) is 12.4. The first kappa shape index (κ1) is 42.4. The van der Waals surface area contributed by atoms with Crippen LogP contribution in [0.4, 0.5) is 0 Å². The summed E-state index contributed by atoms with van der Waals surface area (Å²) in [6.45, 7) is 26.2. The predicted octanol–water partition coefficient (Wildman–Crippen LogP) is 8.49. The smallest absolute Gasteiger partial charge is 1.00 e. The standard InChI is InChI=1S/C25H25.C13H8Cl2.C12H19.2ClH.Zr/c1-14-12-24(3,4)22-8-16-7-17-9-23-19(15(2)13-25(23,5)6)11-21(17)20(16)10-18(14)22;14-12-5-1-10(2-6-12)9-11-3-7-13(15)8-4-11;1-9(2)10-6-7-11(8-10)12(3,4)5;;;/h7-13H,1-6H3;1-8H;7-10H,1-5H3;2*1H;/q;;;;;+2/p-2. The molecule has 0 nitrogen and oxygen atoms in total. The number of hydrogen-bond donors (Lipinski definition) is 0. The van der Waals surface area contributed by atoms with E-state index in [-0.39, 0.29) is 44.7 Å². The minimum absolute atomic E-state index is 0. The topological polar surface area (TPSA) is 0 Å². The molecule has 0 radical (unpaired) electrons. The minimum atomic E-state index is -3.13. The summed E-state index contributed by atoms with van der Waals surface area (Å²) in [6.07, 6.45) is 10.3. The van der Waals surface area contributed by atoms with Crippen molar-refractivity contribution in [3.8, 4) is 11.1 Å². The van der Waals surface area contributed by atoms with Gasteiger partial charge >= 0.3 is 338 Å². The second-order valence-corrected chi connectivity index (χ2v) is 25.5. The molecular formula is C50H52Cl4Zr. The molecule has 0 saturated heterocycles. The zero-order valence-corrected chi connectivity index (χ0v) is 39.5. The maximum absolute atomic E-state index is 6.63. The first-order valence-corrected chi connectivity index (χ1v) is 24.0. The van der Waals surface area contributed by atoms with Crippen LogP contribution in [-0.4, -0.2) is 3.21 Å². The maximum Gasteiger partial charge on any atom is -1.00 e. The molecule has 4 aliphatic carbocycles. The molecule has 0 saturated carbocycles. The fourth-order valence-electron chi connectivity index (χ4n) is 9.80. The van der Waals surface area contributed by atoms with Gasteiger partial charge in [-0.25, -0.2) is 0 Å². The Kier molecular flexibility index (Phi) is 11.4. The number of fused-ring (bicyclic) bond motifs is 5. The van der Waals surface area contributed by atoms with Crippen molar-refractivity contribution in [1.82, 2.24) is 0 Å². The number of rotatable bonds is 5. The summed E-state index contributed by atoms with van der Waals surface area (Å²) in [5.74, 6) is 0.857. The second-order valence-electron chi connectivity index (χ2n) is 18.5. The molecule has 0 N–H and O–H groups in total. The number of hydrogen-bond acceptors (Lipinski definition) is 0. The second kappa shape index (κ2) is 14.8. The van der Waals surface area contributed by atoms with Gasteiger partial charge in [-0.2, -0.15) is 0 Å². The molecule has 0 amide bonds. The summed E-state index contributed by atoms with van der Waals surface area (Å²) in [7, 11) is 0. The van der Waals surface area contributed by atoms with Crippen LogP contribution < -0.4 is 24.8 Å². The molecule has 0 fully saturated rings. The van der Waals surface area contributed by atoms with Gasteiger partial charge in [0.15, 0.2) is 0 Å². The van der Waals surface area contributed by atoms with E-state index in [1.165, 1.54) is 75.6 Å². The van der Waals surface area contributed by atoms with Crippen LogP contribution in [0, 0.1) is 17.3 Å². The van der Waals surface area contributed by atoms with Gasteiger partial charge in [-0.3, -0.25) is 0 Å². The average molecular weight is 886 g/mol. The van der Waals surface area contributed by atoms with Crippen LogP contribution in [0.3, 0.4) is 0 Å². The van der Waals surface area contributed by atoms with Crippen LogP contribution >= 0.6 is 23.2 Å². The van der Waals surface area contributed by atoms with Crippen molar-refractivity contribution in [2.24, 2.45) is 17.3 Å². The molecular weight excluding hydrogens is 834 g/mol. The molecule has 55 heavy (non-hydrogen) atoms. The largest absolute Gasteiger partial charge is 1.00 e. The number of halogens is 4. The van der Waals surface area contributed by atoms with Gasteiger partial charge in [-0.05, 0) is 0 Å². The van der Waals surface area contributed by atoms with E-state index in [1.807, 2.05) is 0 Å². The van der Waals surface area contributed by atoms with Gasteiger partial charge in [-0.1, -0.05) is 0 Å². The molecule has 1 unspecified atom stereocenters. The molecule has 1 atom stereocenters. The Morgan fingerprint density at radius 1 is 0.655 bits per heavy atom. The number of benzene rings is 4. The molecule has 4 aliphatic rings. The van der Waals surface area contributed by atoms with Gasteiger partial charge in [0, 0.05) is 0 Å². The molecule has 4 aromatic carbocycles. The Labute approximate surface area is 360 Å². The zero-order valence-electron chi connectivity index (χ0n) is 34.0. The SMILES string of the molecule is CC1=CC(C)(C)c2cc3c(cc21)-c1cc2c(cc1[CH]3[Zr+2]([C]1=CC(C(C)(C)C)=CC1C(C)C)=[C](c1ccc(Cl)cc1)c1ccc(Cl)cc1)C(C)(C)C=C2C.[Cl-].[Cl-]. The van der Waals surface area contributed by atoms with E-state index < -0.39 is 21.3 Å². The van der Waals surface area contributed by atoms with Crippen LogP contribution in [-0.2, 0) is 32.1 Å². The van der Waals surface area contributed by atoms with E-state index in [0.717, 1.165) is 10.0 Å². The summed E-state index contributed by atoms with van der Waals surface area (Å²) in [5, 5.41) is 1.54. The summed E-state index contributed by atoms with van der Waals surface area (Å²) in [4.78, 5) is 0. The molecule has 0 bridgehead atoms. The van der Waals surface area contributed by atoms with E-state index in [2.05, 4.69) is 173 Å². The third-order valence-corrected chi connectivity index (χ3v) is 21.3. The van der Waals surface area contributed by atoms with Crippen molar-refractivity contribution in [3.63, 3.8) is 0 Å². The van der Waals surface area contributed by atoms with Crippen molar-refractivity contribution in [1.29, 1.82) is 0 Å². The monoisotopic (exact) mass is 882 g/mol. The Hall–Kier alpha value is -2.25. The van der Waals surface area contributed by atoms with Crippen molar-refractivity contribution in [3.05, 3.63) is 161 Å². The van der Waals surface area contributed by atoms with Gasteiger partial charge in [0.05, 0.1) is 0 Å². The molecule has 0 spiro atoms. The van der Waals surface area contributed by atoms with Crippen molar-refractivity contribution < 1.29 is 46.1 Å². The fraction of sp³-hybridized carbons (Fsp3) is 0.340. The molecule has 0 heterocycles. The molecule has 284 valence electrons. The van der Waals surface area contributed by atoms with Crippen molar-refractivity contribution in [2.75, 3.05) is 0 Å². The summed E-state index contributed by atoms with van der Waals surface area (Å²) in [5.41, 5.74) is 18.5. The minimum Gasteiger partial charge on any atom is -1.00 e. The summed E-state index contributed by atoms with van der Waals surface area (Å²) < 4.78 is 3.50. The maximum atomic E-state index is 6.63. The van der Waals surface area contributed by atoms with Gasteiger partial charge in [0.25, 0.3) is 0 Å². The van der Waals surface area contributed by atoms with Gasteiger partial charge in [0.1, 0.15) is 0 Å². The van der Waals surface area contributed by atoms with Gasteiger partial charge < -0.3 is 24.8 Å². The predicted molar refractivity (Wildman–Crippen MR) is 227 cm³/mol. The van der Waals surface area contributed by atoms with Gasteiger partial charge in [-0.15, -0.1) is 0 Å². The molecule has 0 aromatic heterocycles. The average Bonchev–Trinajstić information content (AvgIpc) is 3.78. The zero-order chi connectivity index (χ0) is 37.9. The van der Waals surface area contributed by atoms with E-state index in [4.69, 9.17) is 23.2 Å². The van der Waals surface area contributed by atoms with Crippen molar-refractivity contribution in [2.45, 2.75) is 90.6 Å². The van der Waals surface area contributed by atoms with Crippen LogP contribution in [0.5, 0.6) is 0 Å². The summed E-state index contributed by atoms with van der Waals surface area (Å²) >= 11 is 10.1. The first-order valence-electron chi connectivity index (χ1n) is 19.3. The van der Waals surface area contributed by atoms with E-state index >= 15 is 0 Å². The Balaban J connectivity index is 0.00000257. The third kappa shape index (κ3) is 7.16. The van der Waals surface area contributed by atoms with E-state index in [9.17, 15) is 0 Å². The van der Waals surface area contributed by atoms with Crippen LogP contribution in [0.2, 0.25) is 10.0 Å². The quantitative estimate of drug-likeness (QED) is 0.189. The Morgan fingerprint density at radius 3 is 1.45 bits per heavy atom. The molecule has 5 heteroatoms. The Bertz CT molecular complexity index is 2240. The molecule has 0 aliphatic heterocycles. The molecule has 4 aromatic rings. The fourth-order valence-corrected chi connectivity index (χ4v) is 20.0. The van der Waals surface area contributed by atoms with Crippen LogP contribution in [0.25, 0.3) is 22.3 Å². The molecule has 8 rings (SSSR count). The number of allylic oxidation sites excluding steroid dienone is 8. The first-order chi connectivity index (χ1) is 24.9. The van der Waals surface area contributed by atoms with E-state index in [0.29, 0.717) is 11.8 Å². The Morgan fingerprint density at radius 2 is 1.07 bits per heavy atom.